The molecule has 1 aromatic heterocycles. The fourth-order valence-corrected chi connectivity index (χ4v) is 4.52. The van der Waals surface area contributed by atoms with Crippen molar-refractivity contribution in [2.24, 2.45) is 0 Å². The van der Waals surface area contributed by atoms with Gasteiger partial charge in [-0.2, -0.15) is 0 Å². The topological polar surface area (TPSA) is 46.1 Å². The van der Waals surface area contributed by atoms with Crippen LogP contribution >= 0.6 is 23.1 Å². The smallest absolute Gasteiger partial charge is 0.232 e. The summed E-state index contributed by atoms with van der Waals surface area (Å²) in [5.41, 5.74) is 1.27. The van der Waals surface area contributed by atoms with Crippen LogP contribution in [0, 0.1) is 6.92 Å². The predicted octanol–water partition coefficient (Wildman–Crippen LogP) is 3.49. The monoisotopic (exact) mass is 347 g/mol. The van der Waals surface area contributed by atoms with Crippen molar-refractivity contribution in [1.82, 2.24) is 15.1 Å². The standard InChI is InChI=1S/C17H21N3OS2/c1-13-18-19-17(23-13)15-8-5-9-20(10-15)16(21)12-22-11-14-6-3-2-4-7-14/h2-4,6-7,15H,5,8-12H2,1H3/t15-/m0/s1. The van der Waals surface area contributed by atoms with Gasteiger partial charge in [-0.3, -0.25) is 4.79 Å². The van der Waals surface area contributed by atoms with Crippen LogP contribution in [-0.4, -0.2) is 39.8 Å². The van der Waals surface area contributed by atoms with Gasteiger partial charge in [0.25, 0.3) is 0 Å². The van der Waals surface area contributed by atoms with Gasteiger partial charge >= 0.3 is 0 Å². The molecule has 0 aliphatic carbocycles. The molecule has 23 heavy (non-hydrogen) atoms. The highest BCUT2D eigenvalue weighted by molar-refractivity contribution is 7.99. The van der Waals surface area contributed by atoms with E-state index < -0.39 is 0 Å². The van der Waals surface area contributed by atoms with Gasteiger partial charge in [0.05, 0.1) is 5.75 Å². The number of carbonyl (C=O) groups excluding carboxylic acids is 1. The highest BCUT2D eigenvalue weighted by Gasteiger charge is 2.26. The number of benzene rings is 1. The maximum atomic E-state index is 12.4. The molecule has 0 spiro atoms. The number of hydrogen-bond donors (Lipinski definition) is 0. The van der Waals surface area contributed by atoms with Gasteiger partial charge in [-0.25, -0.2) is 0 Å². The van der Waals surface area contributed by atoms with E-state index in [1.54, 1.807) is 23.1 Å². The highest BCUT2D eigenvalue weighted by atomic mass is 32.2. The number of rotatable bonds is 5. The number of carbonyl (C=O) groups is 1. The van der Waals surface area contributed by atoms with E-state index in [0.29, 0.717) is 11.7 Å². The average Bonchev–Trinajstić information content (AvgIpc) is 3.02. The second-order valence-electron chi connectivity index (χ2n) is 5.82. The number of aryl methyl sites for hydroxylation is 1. The third kappa shape index (κ3) is 4.54. The predicted molar refractivity (Wildman–Crippen MR) is 95.8 cm³/mol. The van der Waals surface area contributed by atoms with E-state index in [-0.39, 0.29) is 5.91 Å². The molecule has 4 nitrogen and oxygen atoms in total. The molecule has 1 amide bonds. The summed E-state index contributed by atoms with van der Waals surface area (Å²) >= 11 is 3.35. The van der Waals surface area contributed by atoms with Gasteiger partial charge in [-0.15, -0.1) is 33.3 Å². The molecule has 0 bridgehead atoms. The molecule has 122 valence electrons. The number of thioether (sulfide) groups is 1. The second-order valence-corrected chi connectivity index (χ2v) is 8.02. The van der Waals surface area contributed by atoms with Crippen molar-refractivity contribution in [2.45, 2.75) is 31.4 Å². The number of amides is 1. The number of aromatic nitrogens is 2. The Labute approximate surface area is 145 Å². The van der Waals surface area contributed by atoms with E-state index in [4.69, 9.17) is 0 Å². The lowest BCUT2D eigenvalue weighted by Crippen LogP contribution is -2.40. The summed E-state index contributed by atoms with van der Waals surface area (Å²) in [7, 11) is 0. The maximum absolute atomic E-state index is 12.4. The van der Waals surface area contributed by atoms with Gasteiger partial charge in [0, 0.05) is 24.8 Å². The molecular formula is C17H21N3OS2. The molecule has 1 aliphatic rings. The molecule has 2 heterocycles. The van der Waals surface area contributed by atoms with Crippen molar-refractivity contribution >= 4 is 29.0 Å². The Hall–Kier alpha value is -1.40. The summed E-state index contributed by atoms with van der Waals surface area (Å²) in [6.07, 6.45) is 2.16. The number of piperidine rings is 1. The van der Waals surface area contributed by atoms with Gasteiger partial charge in [-0.05, 0) is 25.3 Å². The minimum absolute atomic E-state index is 0.247. The minimum atomic E-state index is 0.247. The SMILES string of the molecule is Cc1nnc([C@H]2CCCN(C(=O)CSCc3ccccc3)C2)s1. The molecule has 1 saturated heterocycles. The van der Waals surface area contributed by atoms with Crippen molar-refractivity contribution < 1.29 is 4.79 Å². The number of hydrogen-bond acceptors (Lipinski definition) is 5. The van der Waals surface area contributed by atoms with Gasteiger partial charge < -0.3 is 4.90 Å². The molecule has 1 fully saturated rings. The first-order valence-corrected chi connectivity index (χ1v) is 9.89. The Morgan fingerprint density at radius 3 is 2.91 bits per heavy atom. The lowest BCUT2D eigenvalue weighted by atomic mass is 9.99. The number of nitrogens with zero attached hydrogens (tertiary/aromatic N) is 3. The average molecular weight is 348 g/mol. The first-order valence-electron chi connectivity index (χ1n) is 7.92. The van der Waals surface area contributed by atoms with Crippen LogP contribution in [0.1, 0.15) is 34.3 Å². The number of likely N-dealkylation sites (tertiary alicyclic amines) is 1. The zero-order valence-electron chi connectivity index (χ0n) is 13.3. The maximum Gasteiger partial charge on any atom is 0.232 e. The fraction of sp³-hybridized carbons (Fsp3) is 0.471. The molecule has 1 aromatic carbocycles. The Balaban J connectivity index is 1.49. The summed E-state index contributed by atoms with van der Waals surface area (Å²) in [5, 5.41) is 10.4. The molecule has 2 aromatic rings. The molecule has 1 atom stereocenters. The third-order valence-electron chi connectivity index (χ3n) is 4.00. The summed E-state index contributed by atoms with van der Waals surface area (Å²) in [6.45, 7) is 3.64. The molecule has 6 heteroatoms. The van der Waals surface area contributed by atoms with E-state index in [1.165, 1.54) is 5.56 Å². The van der Waals surface area contributed by atoms with Crippen LogP contribution in [0.15, 0.2) is 30.3 Å². The van der Waals surface area contributed by atoms with Crippen LogP contribution in [0.5, 0.6) is 0 Å². The first-order chi connectivity index (χ1) is 11.2. The lowest BCUT2D eigenvalue weighted by Gasteiger charge is -2.31. The molecular weight excluding hydrogens is 326 g/mol. The van der Waals surface area contributed by atoms with Crippen LogP contribution in [0.3, 0.4) is 0 Å². The molecule has 0 radical (unpaired) electrons. The Bertz CT molecular complexity index is 644. The van der Waals surface area contributed by atoms with Crippen LogP contribution in [0.2, 0.25) is 0 Å². The summed E-state index contributed by atoms with van der Waals surface area (Å²) in [5.74, 6) is 2.05. The normalized spacial score (nSPS) is 18.1. The van der Waals surface area contributed by atoms with Crippen LogP contribution in [0.25, 0.3) is 0 Å². The largest absolute Gasteiger partial charge is 0.341 e. The Kier molecular flexibility index (Phi) is 5.67. The van der Waals surface area contributed by atoms with Gasteiger partial charge in [0.2, 0.25) is 5.91 Å². The van der Waals surface area contributed by atoms with Gasteiger partial charge in [0.1, 0.15) is 10.0 Å². The highest BCUT2D eigenvalue weighted by Crippen LogP contribution is 2.29. The quantitative estimate of drug-likeness (QED) is 0.831. The van der Waals surface area contributed by atoms with Crippen LogP contribution in [0.4, 0.5) is 0 Å². The summed E-state index contributed by atoms with van der Waals surface area (Å²) in [6, 6.07) is 10.3. The van der Waals surface area contributed by atoms with E-state index in [2.05, 4.69) is 22.3 Å². The van der Waals surface area contributed by atoms with Crippen molar-refractivity contribution in [2.75, 3.05) is 18.8 Å². The summed E-state index contributed by atoms with van der Waals surface area (Å²) < 4.78 is 0. The molecule has 3 rings (SSSR count). The van der Waals surface area contributed by atoms with Gasteiger partial charge in [0.15, 0.2) is 0 Å². The molecule has 0 N–H and O–H groups in total. The van der Waals surface area contributed by atoms with Crippen LogP contribution in [-0.2, 0) is 10.5 Å². The molecule has 1 aliphatic heterocycles. The second kappa shape index (κ2) is 7.93. The van der Waals surface area contributed by atoms with Crippen LogP contribution < -0.4 is 0 Å². The Morgan fingerprint density at radius 2 is 2.17 bits per heavy atom. The van der Waals surface area contributed by atoms with Crippen molar-refractivity contribution in [1.29, 1.82) is 0 Å². The van der Waals surface area contributed by atoms with Crippen molar-refractivity contribution in [3.05, 3.63) is 45.9 Å². The van der Waals surface area contributed by atoms with E-state index in [9.17, 15) is 4.79 Å². The van der Waals surface area contributed by atoms with E-state index in [1.807, 2.05) is 30.0 Å². The molecule has 0 unspecified atom stereocenters. The fourth-order valence-electron chi connectivity index (χ4n) is 2.80. The van der Waals surface area contributed by atoms with Crippen molar-refractivity contribution in [3.8, 4) is 0 Å². The third-order valence-corrected chi connectivity index (χ3v) is 5.99. The van der Waals surface area contributed by atoms with Crippen molar-refractivity contribution in [3.63, 3.8) is 0 Å². The molecule has 0 saturated carbocycles. The van der Waals surface area contributed by atoms with E-state index >= 15 is 0 Å². The zero-order chi connectivity index (χ0) is 16.1. The Morgan fingerprint density at radius 1 is 1.35 bits per heavy atom. The minimum Gasteiger partial charge on any atom is -0.341 e. The lowest BCUT2D eigenvalue weighted by molar-refractivity contribution is -0.129. The summed E-state index contributed by atoms with van der Waals surface area (Å²) in [4.78, 5) is 14.4. The zero-order valence-corrected chi connectivity index (χ0v) is 14.9. The van der Waals surface area contributed by atoms with E-state index in [0.717, 1.165) is 41.7 Å². The van der Waals surface area contributed by atoms with Gasteiger partial charge in [-0.1, -0.05) is 30.3 Å². The first kappa shape index (κ1) is 16.5.